The van der Waals surface area contributed by atoms with E-state index in [4.69, 9.17) is 4.74 Å². The summed E-state index contributed by atoms with van der Waals surface area (Å²) in [6, 6.07) is 4.30. The molecule has 1 unspecified atom stereocenters. The minimum atomic E-state index is -0.920. The van der Waals surface area contributed by atoms with Crippen molar-refractivity contribution in [1.29, 1.82) is 0 Å². The SMILES string of the molecule is O=C(O)C1(Cc2cc(F)ccc2Br)CCOC1. The molecule has 1 saturated heterocycles. The fourth-order valence-electron chi connectivity index (χ4n) is 2.03. The van der Waals surface area contributed by atoms with Gasteiger partial charge in [0.15, 0.2) is 0 Å². The molecule has 1 fully saturated rings. The van der Waals surface area contributed by atoms with E-state index in [-0.39, 0.29) is 18.8 Å². The van der Waals surface area contributed by atoms with E-state index < -0.39 is 11.4 Å². The number of rotatable bonds is 3. The highest BCUT2D eigenvalue weighted by molar-refractivity contribution is 9.10. The van der Waals surface area contributed by atoms with Crippen molar-refractivity contribution in [3.63, 3.8) is 0 Å². The monoisotopic (exact) mass is 302 g/mol. The summed E-state index contributed by atoms with van der Waals surface area (Å²) in [6.07, 6.45) is 0.742. The van der Waals surface area contributed by atoms with Gasteiger partial charge < -0.3 is 9.84 Å². The van der Waals surface area contributed by atoms with Gasteiger partial charge in [-0.3, -0.25) is 4.79 Å². The van der Waals surface area contributed by atoms with Gasteiger partial charge in [-0.1, -0.05) is 15.9 Å². The topological polar surface area (TPSA) is 46.5 Å². The van der Waals surface area contributed by atoms with E-state index >= 15 is 0 Å². The van der Waals surface area contributed by atoms with Crippen LogP contribution in [-0.2, 0) is 16.0 Å². The van der Waals surface area contributed by atoms with Gasteiger partial charge in [-0.05, 0) is 36.6 Å². The second kappa shape index (κ2) is 4.74. The van der Waals surface area contributed by atoms with E-state index in [1.807, 2.05) is 0 Å². The Kier molecular flexibility index (Phi) is 3.49. The van der Waals surface area contributed by atoms with Crippen molar-refractivity contribution in [1.82, 2.24) is 0 Å². The number of carboxylic acid groups (broad SMARTS) is 1. The highest BCUT2D eigenvalue weighted by atomic mass is 79.9. The maximum absolute atomic E-state index is 13.1. The number of halogens is 2. The normalized spacial score (nSPS) is 23.9. The Morgan fingerprint density at radius 3 is 2.94 bits per heavy atom. The van der Waals surface area contributed by atoms with E-state index in [0.717, 1.165) is 4.47 Å². The molecule has 0 aromatic heterocycles. The zero-order chi connectivity index (χ0) is 12.5. The van der Waals surface area contributed by atoms with E-state index in [2.05, 4.69) is 15.9 Å². The first-order valence-corrected chi connectivity index (χ1v) is 6.08. The minimum Gasteiger partial charge on any atom is -0.481 e. The van der Waals surface area contributed by atoms with Crippen molar-refractivity contribution in [3.05, 3.63) is 34.1 Å². The van der Waals surface area contributed by atoms with Crippen molar-refractivity contribution >= 4 is 21.9 Å². The third-order valence-corrected chi connectivity index (χ3v) is 3.87. The Hall–Kier alpha value is -0.940. The molecule has 0 saturated carbocycles. The maximum Gasteiger partial charge on any atom is 0.312 e. The highest BCUT2D eigenvalue weighted by Gasteiger charge is 2.42. The summed E-state index contributed by atoms with van der Waals surface area (Å²) in [7, 11) is 0. The fraction of sp³-hybridized carbons (Fsp3) is 0.417. The molecule has 17 heavy (non-hydrogen) atoms. The average Bonchev–Trinajstić information content (AvgIpc) is 2.73. The summed E-state index contributed by atoms with van der Waals surface area (Å²) in [5.41, 5.74) is -0.256. The van der Waals surface area contributed by atoms with Gasteiger partial charge in [-0.15, -0.1) is 0 Å². The lowest BCUT2D eigenvalue weighted by Crippen LogP contribution is -2.34. The molecule has 1 aromatic carbocycles. The van der Waals surface area contributed by atoms with Gasteiger partial charge in [-0.2, -0.15) is 0 Å². The average molecular weight is 303 g/mol. The molecule has 92 valence electrons. The van der Waals surface area contributed by atoms with Crippen LogP contribution in [0.4, 0.5) is 4.39 Å². The van der Waals surface area contributed by atoms with Gasteiger partial charge in [0.05, 0.1) is 12.0 Å². The van der Waals surface area contributed by atoms with Crippen LogP contribution < -0.4 is 0 Å². The van der Waals surface area contributed by atoms with Crippen LogP contribution in [0.1, 0.15) is 12.0 Å². The Morgan fingerprint density at radius 2 is 2.35 bits per heavy atom. The van der Waals surface area contributed by atoms with Gasteiger partial charge in [-0.25, -0.2) is 4.39 Å². The van der Waals surface area contributed by atoms with Crippen LogP contribution in [0.3, 0.4) is 0 Å². The number of carbonyl (C=O) groups is 1. The smallest absolute Gasteiger partial charge is 0.312 e. The molecule has 1 N–H and O–H groups in total. The van der Waals surface area contributed by atoms with Crippen LogP contribution in [0.2, 0.25) is 0 Å². The molecule has 1 aliphatic rings. The zero-order valence-corrected chi connectivity index (χ0v) is 10.7. The summed E-state index contributed by atoms with van der Waals surface area (Å²) in [4.78, 5) is 11.3. The molecule has 1 aliphatic heterocycles. The van der Waals surface area contributed by atoms with Crippen molar-refractivity contribution in [2.45, 2.75) is 12.8 Å². The maximum atomic E-state index is 13.1. The quantitative estimate of drug-likeness (QED) is 0.933. The molecule has 0 radical (unpaired) electrons. The second-order valence-corrected chi connectivity index (χ2v) is 5.15. The molecule has 0 amide bonds. The zero-order valence-electron chi connectivity index (χ0n) is 9.08. The van der Waals surface area contributed by atoms with Crippen LogP contribution in [0.25, 0.3) is 0 Å². The predicted molar refractivity (Wildman–Crippen MR) is 63.3 cm³/mol. The van der Waals surface area contributed by atoms with Gasteiger partial charge in [0.1, 0.15) is 5.82 Å². The predicted octanol–water partition coefficient (Wildman–Crippen LogP) is 2.62. The van der Waals surface area contributed by atoms with Crippen LogP contribution in [-0.4, -0.2) is 24.3 Å². The minimum absolute atomic E-state index is 0.186. The van der Waals surface area contributed by atoms with Crippen LogP contribution >= 0.6 is 15.9 Å². The number of hydrogen-bond donors (Lipinski definition) is 1. The second-order valence-electron chi connectivity index (χ2n) is 4.30. The van der Waals surface area contributed by atoms with Gasteiger partial charge in [0.2, 0.25) is 0 Å². The Bertz CT molecular complexity index is 441. The molecular formula is C12H12BrFO3. The summed E-state index contributed by atoms with van der Waals surface area (Å²) >= 11 is 3.31. The Labute approximate surface area is 107 Å². The summed E-state index contributed by atoms with van der Waals surface area (Å²) < 4.78 is 19.0. The molecule has 1 aromatic rings. The first-order chi connectivity index (χ1) is 8.03. The molecular weight excluding hydrogens is 291 g/mol. The largest absolute Gasteiger partial charge is 0.481 e. The van der Waals surface area contributed by atoms with Crippen molar-refractivity contribution in [2.75, 3.05) is 13.2 Å². The van der Waals surface area contributed by atoms with E-state index in [0.29, 0.717) is 18.6 Å². The van der Waals surface area contributed by atoms with E-state index in [1.54, 1.807) is 6.07 Å². The lowest BCUT2D eigenvalue weighted by atomic mass is 9.81. The summed E-state index contributed by atoms with van der Waals surface area (Å²) in [5.74, 6) is -1.24. The molecule has 1 atom stereocenters. The third-order valence-electron chi connectivity index (χ3n) is 3.09. The third kappa shape index (κ3) is 2.50. The van der Waals surface area contributed by atoms with Crippen LogP contribution in [0.5, 0.6) is 0 Å². The summed E-state index contributed by atoms with van der Waals surface area (Å²) in [5, 5.41) is 9.30. The van der Waals surface area contributed by atoms with E-state index in [1.165, 1.54) is 12.1 Å². The molecule has 0 spiro atoms. The van der Waals surface area contributed by atoms with Crippen LogP contribution in [0.15, 0.2) is 22.7 Å². The lowest BCUT2D eigenvalue weighted by molar-refractivity contribution is -0.148. The standard InChI is InChI=1S/C12H12BrFO3/c13-10-2-1-9(14)5-8(10)6-12(11(15)16)3-4-17-7-12/h1-2,5H,3-4,6-7H2,(H,15,16). The molecule has 2 rings (SSSR count). The number of ether oxygens (including phenoxy) is 1. The lowest BCUT2D eigenvalue weighted by Gasteiger charge is -2.22. The molecule has 1 heterocycles. The number of benzene rings is 1. The molecule has 5 heteroatoms. The van der Waals surface area contributed by atoms with Crippen molar-refractivity contribution in [3.8, 4) is 0 Å². The molecule has 0 aliphatic carbocycles. The van der Waals surface area contributed by atoms with E-state index in [9.17, 15) is 14.3 Å². The Balaban J connectivity index is 2.29. The Morgan fingerprint density at radius 1 is 1.59 bits per heavy atom. The highest BCUT2D eigenvalue weighted by Crippen LogP contribution is 2.35. The fourth-order valence-corrected chi connectivity index (χ4v) is 2.42. The first kappa shape index (κ1) is 12.5. The molecule has 3 nitrogen and oxygen atoms in total. The van der Waals surface area contributed by atoms with Crippen molar-refractivity contribution < 1.29 is 19.0 Å². The number of aliphatic carboxylic acids is 1. The van der Waals surface area contributed by atoms with Gasteiger partial charge >= 0.3 is 5.97 Å². The van der Waals surface area contributed by atoms with Crippen LogP contribution in [0, 0.1) is 11.2 Å². The number of hydrogen-bond acceptors (Lipinski definition) is 2. The van der Waals surface area contributed by atoms with Crippen molar-refractivity contribution in [2.24, 2.45) is 5.41 Å². The first-order valence-electron chi connectivity index (χ1n) is 5.29. The van der Waals surface area contributed by atoms with Gasteiger partial charge in [0, 0.05) is 11.1 Å². The molecule has 0 bridgehead atoms. The number of carboxylic acids is 1. The summed E-state index contributed by atoms with van der Waals surface area (Å²) in [6.45, 7) is 0.629. The van der Waals surface area contributed by atoms with Gasteiger partial charge in [0.25, 0.3) is 0 Å².